The smallest absolute Gasteiger partial charge is 0.222 e. The molecule has 7 heteroatoms. The number of nitrogens with zero attached hydrogens (tertiary/aromatic N) is 3. The topological polar surface area (TPSA) is 76.7 Å². The molecule has 1 aromatic carbocycles. The molecule has 4 rings (SSSR count). The lowest BCUT2D eigenvalue weighted by molar-refractivity contribution is 0.628. The molecule has 0 aliphatic heterocycles. The molecule has 0 fully saturated rings. The van der Waals surface area contributed by atoms with Gasteiger partial charge in [-0.15, -0.1) is 11.3 Å². The van der Waals surface area contributed by atoms with Crippen molar-refractivity contribution in [2.45, 2.75) is 6.54 Å². The Bertz CT molecular complexity index is 1020. The summed E-state index contributed by atoms with van der Waals surface area (Å²) in [6.45, 7) is 0.631. The molecule has 0 aliphatic carbocycles. The molecule has 3 aromatic heterocycles. The second-order valence-electron chi connectivity index (χ2n) is 5.43. The van der Waals surface area contributed by atoms with Gasteiger partial charge in [-0.2, -0.15) is 4.98 Å². The predicted octanol–water partition coefficient (Wildman–Crippen LogP) is 4.09. The lowest BCUT2D eigenvalue weighted by Crippen LogP contribution is -2.06. The fourth-order valence-corrected chi connectivity index (χ4v) is 3.17. The summed E-state index contributed by atoms with van der Waals surface area (Å²) in [5, 5.41) is 5.30. The van der Waals surface area contributed by atoms with E-state index in [1.165, 1.54) is 17.0 Å². The Labute approximate surface area is 147 Å². The zero-order valence-corrected chi connectivity index (χ0v) is 13.9. The van der Waals surface area contributed by atoms with E-state index in [2.05, 4.69) is 20.3 Å². The molecule has 124 valence electrons. The van der Waals surface area contributed by atoms with Crippen LogP contribution in [0.25, 0.3) is 22.3 Å². The standard InChI is InChI=1S/C18H14FN5S/c19-12-5-3-11(4-6-12)14-7-8-15-16(22-14)17(24-18(20)23-15)21-10-13-2-1-9-25-13/h1-9H,10H2,(H3,20,21,23,24). The lowest BCUT2D eigenvalue weighted by atomic mass is 10.1. The van der Waals surface area contributed by atoms with Crippen LogP contribution in [-0.4, -0.2) is 15.0 Å². The molecule has 0 saturated heterocycles. The van der Waals surface area contributed by atoms with Crippen molar-refractivity contribution < 1.29 is 4.39 Å². The molecule has 0 aliphatic rings. The van der Waals surface area contributed by atoms with Gasteiger partial charge < -0.3 is 11.1 Å². The van der Waals surface area contributed by atoms with E-state index in [-0.39, 0.29) is 11.8 Å². The lowest BCUT2D eigenvalue weighted by Gasteiger charge is -2.09. The fraction of sp³-hybridized carbons (Fsp3) is 0.0556. The summed E-state index contributed by atoms with van der Waals surface area (Å²) in [4.78, 5) is 14.4. The highest BCUT2D eigenvalue weighted by molar-refractivity contribution is 7.09. The summed E-state index contributed by atoms with van der Waals surface area (Å²) in [6.07, 6.45) is 0. The average molecular weight is 351 g/mol. The van der Waals surface area contributed by atoms with Gasteiger partial charge in [0.2, 0.25) is 5.95 Å². The van der Waals surface area contributed by atoms with E-state index in [4.69, 9.17) is 5.73 Å². The number of nitrogen functional groups attached to an aromatic ring is 1. The van der Waals surface area contributed by atoms with Crippen LogP contribution < -0.4 is 11.1 Å². The maximum Gasteiger partial charge on any atom is 0.222 e. The van der Waals surface area contributed by atoms with Crippen molar-refractivity contribution in [3.05, 3.63) is 64.6 Å². The van der Waals surface area contributed by atoms with Crippen LogP contribution in [-0.2, 0) is 6.54 Å². The zero-order valence-electron chi connectivity index (χ0n) is 13.1. The fourth-order valence-electron chi connectivity index (χ4n) is 2.52. The summed E-state index contributed by atoms with van der Waals surface area (Å²) in [6, 6.07) is 13.9. The molecular formula is C18H14FN5S. The molecule has 0 amide bonds. The van der Waals surface area contributed by atoms with E-state index in [9.17, 15) is 4.39 Å². The number of hydrogen-bond acceptors (Lipinski definition) is 6. The Kier molecular flexibility index (Phi) is 3.99. The number of nitrogens with one attached hydrogen (secondary N) is 1. The Morgan fingerprint density at radius 2 is 1.84 bits per heavy atom. The van der Waals surface area contributed by atoms with Crippen molar-refractivity contribution in [1.29, 1.82) is 0 Å². The third-order valence-electron chi connectivity index (χ3n) is 3.71. The largest absolute Gasteiger partial charge is 0.368 e. The minimum atomic E-state index is -0.279. The van der Waals surface area contributed by atoms with E-state index < -0.39 is 0 Å². The van der Waals surface area contributed by atoms with Crippen LogP contribution in [0.4, 0.5) is 16.2 Å². The second-order valence-corrected chi connectivity index (χ2v) is 6.47. The van der Waals surface area contributed by atoms with Gasteiger partial charge in [-0.05, 0) is 47.8 Å². The van der Waals surface area contributed by atoms with Gasteiger partial charge in [0.15, 0.2) is 5.82 Å². The van der Waals surface area contributed by atoms with Crippen molar-refractivity contribution in [2.24, 2.45) is 0 Å². The normalized spacial score (nSPS) is 10.9. The number of anilines is 2. The van der Waals surface area contributed by atoms with Gasteiger partial charge in [-0.25, -0.2) is 14.4 Å². The van der Waals surface area contributed by atoms with Gasteiger partial charge in [-0.1, -0.05) is 6.07 Å². The minimum absolute atomic E-state index is 0.192. The van der Waals surface area contributed by atoms with Crippen molar-refractivity contribution in [3.8, 4) is 11.3 Å². The summed E-state index contributed by atoms with van der Waals surface area (Å²) < 4.78 is 13.1. The number of pyridine rings is 1. The first-order valence-electron chi connectivity index (χ1n) is 7.65. The first-order chi connectivity index (χ1) is 12.2. The van der Waals surface area contributed by atoms with Gasteiger partial charge in [0.25, 0.3) is 0 Å². The third-order valence-corrected chi connectivity index (χ3v) is 4.59. The second kappa shape index (κ2) is 6.45. The predicted molar refractivity (Wildman–Crippen MR) is 98.8 cm³/mol. The summed E-state index contributed by atoms with van der Waals surface area (Å²) in [5.74, 6) is 0.497. The number of thiophene rings is 1. The molecule has 0 saturated carbocycles. The number of rotatable bonds is 4. The third kappa shape index (κ3) is 3.27. The molecule has 3 heterocycles. The quantitative estimate of drug-likeness (QED) is 0.579. The SMILES string of the molecule is Nc1nc(NCc2cccs2)c2nc(-c3ccc(F)cc3)ccc2n1. The highest BCUT2D eigenvalue weighted by Gasteiger charge is 2.10. The maximum absolute atomic E-state index is 13.1. The number of fused-ring (bicyclic) bond motifs is 1. The van der Waals surface area contributed by atoms with Crippen LogP contribution >= 0.6 is 11.3 Å². The molecule has 3 N–H and O–H groups in total. The number of benzene rings is 1. The van der Waals surface area contributed by atoms with Gasteiger partial charge >= 0.3 is 0 Å². The number of halogens is 1. The Balaban J connectivity index is 1.75. The summed E-state index contributed by atoms with van der Waals surface area (Å²) in [7, 11) is 0. The Morgan fingerprint density at radius 1 is 1.00 bits per heavy atom. The van der Waals surface area contributed by atoms with Crippen LogP contribution in [0.1, 0.15) is 4.88 Å². The molecule has 4 aromatic rings. The first-order valence-corrected chi connectivity index (χ1v) is 8.53. The van der Waals surface area contributed by atoms with Crippen LogP contribution in [0.3, 0.4) is 0 Å². The van der Waals surface area contributed by atoms with Crippen LogP contribution in [0.5, 0.6) is 0 Å². The van der Waals surface area contributed by atoms with Crippen molar-refractivity contribution in [3.63, 3.8) is 0 Å². The van der Waals surface area contributed by atoms with Gasteiger partial charge in [0.1, 0.15) is 11.3 Å². The first kappa shape index (κ1) is 15.5. The molecular weight excluding hydrogens is 337 g/mol. The Hall–Kier alpha value is -3.06. The molecule has 5 nitrogen and oxygen atoms in total. The summed E-state index contributed by atoms with van der Waals surface area (Å²) >= 11 is 1.66. The molecule has 0 unspecified atom stereocenters. The highest BCUT2D eigenvalue weighted by atomic mass is 32.1. The molecule has 25 heavy (non-hydrogen) atoms. The van der Waals surface area contributed by atoms with Crippen molar-refractivity contribution in [2.75, 3.05) is 11.1 Å². The number of nitrogens with two attached hydrogens (primary N) is 1. The zero-order chi connectivity index (χ0) is 17.2. The molecule has 0 spiro atoms. The van der Waals surface area contributed by atoms with Crippen LogP contribution in [0.15, 0.2) is 53.9 Å². The van der Waals surface area contributed by atoms with E-state index in [1.54, 1.807) is 23.5 Å². The summed E-state index contributed by atoms with van der Waals surface area (Å²) in [5.41, 5.74) is 8.65. The van der Waals surface area contributed by atoms with Gasteiger partial charge in [0, 0.05) is 10.4 Å². The monoisotopic (exact) mass is 351 g/mol. The van der Waals surface area contributed by atoms with Crippen LogP contribution in [0, 0.1) is 5.82 Å². The highest BCUT2D eigenvalue weighted by Crippen LogP contribution is 2.25. The van der Waals surface area contributed by atoms with Gasteiger partial charge in [-0.3, -0.25) is 0 Å². The van der Waals surface area contributed by atoms with E-state index in [0.29, 0.717) is 23.4 Å². The number of aromatic nitrogens is 3. The number of hydrogen-bond donors (Lipinski definition) is 2. The Morgan fingerprint density at radius 3 is 2.60 bits per heavy atom. The van der Waals surface area contributed by atoms with Crippen LogP contribution in [0.2, 0.25) is 0 Å². The van der Waals surface area contributed by atoms with Gasteiger partial charge in [0.05, 0.1) is 17.8 Å². The van der Waals surface area contributed by atoms with Crippen molar-refractivity contribution >= 4 is 34.1 Å². The molecule has 0 atom stereocenters. The minimum Gasteiger partial charge on any atom is -0.368 e. The molecule has 0 radical (unpaired) electrons. The van der Waals surface area contributed by atoms with E-state index in [0.717, 1.165) is 11.3 Å². The molecule has 0 bridgehead atoms. The van der Waals surface area contributed by atoms with E-state index >= 15 is 0 Å². The van der Waals surface area contributed by atoms with E-state index in [1.807, 2.05) is 29.6 Å². The van der Waals surface area contributed by atoms with Crippen molar-refractivity contribution in [1.82, 2.24) is 15.0 Å². The average Bonchev–Trinajstić information content (AvgIpc) is 3.13. The maximum atomic E-state index is 13.1.